The van der Waals surface area contributed by atoms with Gasteiger partial charge >= 0.3 is 6.09 Å². The van der Waals surface area contributed by atoms with Gasteiger partial charge < -0.3 is 20.2 Å². The van der Waals surface area contributed by atoms with Crippen molar-refractivity contribution in [2.45, 2.75) is 57.5 Å². The lowest BCUT2D eigenvalue weighted by Gasteiger charge is -2.33. The van der Waals surface area contributed by atoms with E-state index in [-0.39, 0.29) is 12.0 Å². The Morgan fingerprint density at radius 1 is 1.29 bits per heavy atom. The molecule has 2 aromatic rings. The van der Waals surface area contributed by atoms with Crippen LogP contribution in [0.15, 0.2) is 24.4 Å². The van der Waals surface area contributed by atoms with Crippen LogP contribution >= 0.6 is 0 Å². The van der Waals surface area contributed by atoms with E-state index in [1.54, 1.807) is 18.2 Å². The third-order valence-corrected chi connectivity index (χ3v) is 10.5. The van der Waals surface area contributed by atoms with Crippen LogP contribution in [0.3, 0.4) is 0 Å². The van der Waals surface area contributed by atoms with Crippen molar-refractivity contribution >= 4 is 37.2 Å². The van der Waals surface area contributed by atoms with E-state index in [9.17, 15) is 9.59 Å². The summed E-state index contributed by atoms with van der Waals surface area (Å²) in [6, 6.07) is 7.61. The van der Waals surface area contributed by atoms with Crippen molar-refractivity contribution in [2.75, 3.05) is 11.9 Å². The van der Waals surface area contributed by atoms with E-state index in [0.29, 0.717) is 16.9 Å². The van der Waals surface area contributed by atoms with Gasteiger partial charge in [-0.25, -0.2) is 9.78 Å². The first-order valence-corrected chi connectivity index (χ1v) is 12.4. The summed E-state index contributed by atoms with van der Waals surface area (Å²) in [5.74, 6) is 0.233. The molecule has 0 unspecified atom stereocenters. The van der Waals surface area contributed by atoms with Gasteiger partial charge in [-0.15, -0.1) is 0 Å². The standard InChI is InChI=1S/C19H28N4O4Si/c1-4-28(5-2,6-3)27-15-9-11-20-17(15)18(24)22-16-8-7-14-13(21-16)10-12-23(14)19(25)26/h7-8,10,12,15,17,20H,4-6,9,11H2,1-3H3,(H,25,26)(H,21,22,24)/t15-,17-/m1/s1. The lowest BCUT2D eigenvalue weighted by Crippen LogP contribution is -2.49. The van der Waals surface area contributed by atoms with Crippen molar-refractivity contribution in [3.05, 3.63) is 24.4 Å². The summed E-state index contributed by atoms with van der Waals surface area (Å²) in [7, 11) is -1.80. The highest BCUT2D eigenvalue weighted by molar-refractivity contribution is 6.73. The molecule has 9 heteroatoms. The van der Waals surface area contributed by atoms with Gasteiger partial charge in [-0.05, 0) is 49.3 Å². The highest BCUT2D eigenvalue weighted by Crippen LogP contribution is 2.27. The molecule has 3 heterocycles. The zero-order chi connectivity index (χ0) is 20.3. The molecule has 1 aliphatic heterocycles. The molecule has 3 rings (SSSR count). The van der Waals surface area contributed by atoms with E-state index in [4.69, 9.17) is 9.53 Å². The molecule has 0 radical (unpaired) electrons. The Kier molecular flexibility index (Phi) is 6.16. The van der Waals surface area contributed by atoms with Crippen LogP contribution in [0.1, 0.15) is 27.2 Å². The minimum Gasteiger partial charge on any atom is -0.464 e. The average molecular weight is 405 g/mol. The van der Waals surface area contributed by atoms with Gasteiger partial charge in [-0.2, -0.15) is 0 Å². The maximum atomic E-state index is 12.8. The molecule has 2 atom stereocenters. The van der Waals surface area contributed by atoms with Gasteiger partial charge in [0, 0.05) is 6.20 Å². The van der Waals surface area contributed by atoms with Crippen LogP contribution in [0.4, 0.5) is 10.6 Å². The Hall–Kier alpha value is -2.23. The van der Waals surface area contributed by atoms with E-state index in [1.165, 1.54) is 6.20 Å². The predicted molar refractivity (Wildman–Crippen MR) is 110 cm³/mol. The number of carbonyl (C=O) groups excluding carboxylic acids is 1. The smallest absolute Gasteiger partial charge is 0.416 e. The van der Waals surface area contributed by atoms with E-state index in [1.807, 2.05) is 0 Å². The van der Waals surface area contributed by atoms with Gasteiger partial charge in [-0.1, -0.05) is 20.8 Å². The van der Waals surface area contributed by atoms with Gasteiger partial charge in [-0.3, -0.25) is 9.36 Å². The van der Waals surface area contributed by atoms with Crippen molar-refractivity contribution in [3.8, 4) is 0 Å². The molecule has 1 aliphatic rings. The molecule has 1 saturated heterocycles. The first-order chi connectivity index (χ1) is 13.4. The number of hydrogen-bond acceptors (Lipinski definition) is 5. The lowest BCUT2D eigenvalue weighted by atomic mass is 10.1. The number of carbonyl (C=O) groups is 2. The number of aromatic nitrogens is 2. The summed E-state index contributed by atoms with van der Waals surface area (Å²) in [4.78, 5) is 28.4. The van der Waals surface area contributed by atoms with Crippen LogP contribution in [-0.4, -0.2) is 53.7 Å². The number of amides is 1. The van der Waals surface area contributed by atoms with Gasteiger partial charge in [0.25, 0.3) is 0 Å². The zero-order valence-corrected chi connectivity index (χ0v) is 17.6. The second kappa shape index (κ2) is 8.42. The van der Waals surface area contributed by atoms with Crippen LogP contribution < -0.4 is 10.6 Å². The van der Waals surface area contributed by atoms with E-state index >= 15 is 0 Å². The second-order valence-electron chi connectivity index (χ2n) is 7.18. The SMILES string of the molecule is CC[Si](CC)(CC)O[C@@H]1CCN[C@H]1C(=O)Nc1ccc2c(ccn2C(=O)O)n1. The average Bonchev–Trinajstić information content (AvgIpc) is 3.32. The van der Waals surface area contributed by atoms with Gasteiger partial charge in [0.1, 0.15) is 11.9 Å². The van der Waals surface area contributed by atoms with Crippen molar-refractivity contribution in [1.82, 2.24) is 14.9 Å². The Morgan fingerprint density at radius 2 is 2.00 bits per heavy atom. The van der Waals surface area contributed by atoms with E-state index < -0.39 is 20.5 Å². The molecular formula is C19H28N4O4Si. The third kappa shape index (κ3) is 3.96. The molecule has 0 saturated carbocycles. The summed E-state index contributed by atoms with van der Waals surface area (Å²) < 4.78 is 7.64. The van der Waals surface area contributed by atoms with Crippen LogP contribution in [0, 0.1) is 0 Å². The number of pyridine rings is 1. The van der Waals surface area contributed by atoms with Crippen molar-refractivity contribution in [1.29, 1.82) is 0 Å². The number of carboxylic acid groups (broad SMARTS) is 1. The number of hydrogen-bond donors (Lipinski definition) is 3. The molecule has 0 spiro atoms. The minimum absolute atomic E-state index is 0.122. The molecule has 0 aromatic carbocycles. The second-order valence-corrected chi connectivity index (χ2v) is 11.9. The molecule has 3 N–H and O–H groups in total. The fraction of sp³-hybridized carbons (Fsp3) is 0.526. The first kappa shape index (κ1) is 20.5. The van der Waals surface area contributed by atoms with E-state index in [0.717, 1.165) is 35.7 Å². The third-order valence-electron chi connectivity index (χ3n) is 5.78. The summed E-state index contributed by atoms with van der Waals surface area (Å²) >= 11 is 0. The van der Waals surface area contributed by atoms with Gasteiger partial charge in [0.2, 0.25) is 5.91 Å². The first-order valence-electron chi connectivity index (χ1n) is 9.86. The van der Waals surface area contributed by atoms with Gasteiger partial charge in [0.15, 0.2) is 8.32 Å². The van der Waals surface area contributed by atoms with E-state index in [2.05, 4.69) is 36.4 Å². The Labute approximate surface area is 165 Å². The molecule has 2 aromatic heterocycles. The molecule has 1 fully saturated rings. The molecule has 28 heavy (non-hydrogen) atoms. The maximum absolute atomic E-state index is 12.8. The molecule has 0 aliphatic carbocycles. The summed E-state index contributed by atoms with van der Waals surface area (Å²) in [5.41, 5.74) is 0.997. The quantitative estimate of drug-likeness (QED) is 0.612. The van der Waals surface area contributed by atoms with Crippen molar-refractivity contribution < 1.29 is 19.1 Å². The van der Waals surface area contributed by atoms with Crippen LogP contribution in [0.25, 0.3) is 11.0 Å². The Balaban J connectivity index is 1.73. The maximum Gasteiger partial charge on any atom is 0.416 e. The summed E-state index contributed by atoms with van der Waals surface area (Å²) in [6.07, 6.45) is 1.07. The highest BCUT2D eigenvalue weighted by Gasteiger charge is 2.40. The van der Waals surface area contributed by atoms with Crippen LogP contribution in [0.5, 0.6) is 0 Å². The number of nitrogens with one attached hydrogen (secondary N) is 2. The van der Waals surface area contributed by atoms with Crippen LogP contribution in [-0.2, 0) is 9.22 Å². The van der Waals surface area contributed by atoms with Crippen molar-refractivity contribution in [2.24, 2.45) is 0 Å². The fourth-order valence-corrected chi connectivity index (χ4v) is 6.74. The molecule has 0 bridgehead atoms. The topological polar surface area (TPSA) is 105 Å². The fourth-order valence-electron chi connectivity index (χ4n) is 3.85. The monoisotopic (exact) mass is 404 g/mol. The molecule has 1 amide bonds. The van der Waals surface area contributed by atoms with Crippen molar-refractivity contribution in [3.63, 3.8) is 0 Å². The lowest BCUT2D eigenvalue weighted by molar-refractivity contribution is -0.119. The summed E-state index contributed by atoms with van der Waals surface area (Å²) in [6.45, 7) is 7.29. The number of anilines is 1. The predicted octanol–water partition coefficient (Wildman–Crippen LogP) is 3.25. The number of rotatable bonds is 7. The number of nitrogens with zero attached hydrogens (tertiary/aromatic N) is 2. The molecular weight excluding hydrogens is 376 g/mol. The summed E-state index contributed by atoms with van der Waals surface area (Å²) in [5, 5.41) is 15.3. The number of fused-ring (bicyclic) bond motifs is 1. The minimum atomic E-state index is -1.80. The molecule has 8 nitrogen and oxygen atoms in total. The zero-order valence-electron chi connectivity index (χ0n) is 16.6. The Morgan fingerprint density at radius 3 is 2.64 bits per heavy atom. The largest absolute Gasteiger partial charge is 0.464 e. The van der Waals surface area contributed by atoms with Gasteiger partial charge in [0.05, 0.1) is 17.1 Å². The Bertz CT molecular complexity index is 856. The normalized spacial score (nSPS) is 19.8. The van der Waals surface area contributed by atoms with Crippen LogP contribution in [0.2, 0.25) is 18.1 Å². The molecule has 152 valence electrons. The highest BCUT2D eigenvalue weighted by atomic mass is 28.4.